The van der Waals surface area contributed by atoms with Gasteiger partial charge in [-0.3, -0.25) is 9.59 Å². The second-order valence-corrected chi connectivity index (χ2v) is 9.39. The Morgan fingerprint density at radius 3 is 1.97 bits per heavy atom. The molecule has 2 saturated heterocycles. The van der Waals surface area contributed by atoms with Crippen molar-refractivity contribution in [3.8, 4) is 5.75 Å². The number of carbonyl (C=O) groups excluding carboxylic acids is 2. The molecule has 0 aliphatic carbocycles. The highest BCUT2D eigenvalue weighted by Gasteiger charge is 2.43. The van der Waals surface area contributed by atoms with Gasteiger partial charge < -0.3 is 19.4 Å². The zero-order valence-corrected chi connectivity index (χ0v) is 20.6. The smallest absolute Gasteiger partial charge is 0.228 e. The fraction of sp³-hybridized carbons (Fsp3) is 0.310. The molecule has 3 aromatic carbocycles. The van der Waals surface area contributed by atoms with Gasteiger partial charge in [0.1, 0.15) is 17.4 Å². The first-order chi connectivity index (χ1) is 17.9. The van der Waals surface area contributed by atoms with Gasteiger partial charge in [0.2, 0.25) is 11.8 Å². The number of nitrogens with zero attached hydrogens (tertiary/aromatic N) is 3. The highest BCUT2D eigenvalue weighted by atomic mass is 19.1. The van der Waals surface area contributed by atoms with Gasteiger partial charge in [0.05, 0.1) is 19.1 Å². The predicted octanol–water partition coefficient (Wildman–Crippen LogP) is 4.81. The van der Waals surface area contributed by atoms with E-state index in [1.165, 1.54) is 24.3 Å². The standard InChI is InChI=1S/C29H29F2N3O3/c1-37-25-12-10-24(11-13-25)34-27(35)15-14-26(28(34)20-2-4-21(30)5-3-20)29(36)33-18-16-32(17-19-33)23-8-6-22(31)7-9-23/h2-13,26,28H,14-19H2,1H3/t26-,28-/m0/s1. The van der Waals surface area contributed by atoms with E-state index in [4.69, 9.17) is 4.74 Å². The van der Waals surface area contributed by atoms with Crippen molar-refractivity contribution in [1.82, 2.24) is 4.90 Å². The van der Waals surface area contributed by atoms with Crippen molar-refractivity contribution in [2.24, 2.45) is 5.92 Å². The van der Waals surface area contributed by atoms with Crippen LogP contribution in [0.3, 0.4) is 0 Å². The fourth-order valence-corrected chi connectivity index (χ4v) is 5.31. The van der Waals surface area contributed by atoms with Crippen LogP contribution in [0.4, 0.5) is 20.2 Å². The van der Waals surface area contributed by atoms with Gasteiger partial charge in [0.15, 0.2) is 0 Å². The van der Waals surface area contributed by atoms with E-state index < -0.39 is 12.0 Å². The summed E-state index contributed by atoms with van der Waals surface area (Å²) >= 11 is 0. The first-order valence-corrected chi connectivity index (χ1v) is 12.5. The zero-order valence-electron chi connectivity index (χ0n) is 20.6. The monoisotopic (exact) mass is 505 g/mol. The van der Waals surface area contributed by atoms with E-state index in [0.717, 1.165) is 5.69 Å². The molecule has 0 bridgehead atoms. The van der Waals surface area contributed by atoms with Crippen LogP contribution in [-0.4, -0.2) is 50.0 Å². The third-order valence-electron chi connectivity index (χ3n) is 7.26. The van der Waals surface area contributed by atoms with Gasteiger partial charge in [0, 0.05) is 44.0 Å². The molecular weight excluding hydrogens is 476 g/mol. The Morgan fingerprint density at radius 2 is 1.38 bits per heavy atom. The van der Waals surface area contributed by atoms with E-state index in [0.29, 0.717) is 49.6 Å². The van der Waals surface area contributed by atoms with Crippen molar-refractivity contribution in [1.29, 1.82) is 0 Å². The fourth-order valence-electron chi connectivity index (χ4n) is 5.31. The molecule has 37 heavy (non-hydrogen) atoms. The number of hydrogen-bond donors (Lipinski definition) is 0. The SMILES string of the molecule is COc1ccc(N2C(=O)CC[C@H](C(=O)N3CCN(c4ccc(F)cc4)CC3)[C@@H]2c2ccc(F)cc2)cc1. The number of anilines is 2. The molecule has 2 amide bonds. The molecule has 2 atom stereocenters. The van der Waals surface area contributed by atoms with Crippen molar-refractivity contribution in [2.75, 3.05) is 43.1 Å². The molecule has 0 radical (unpaired) electrons. The van der Waals surface area contributed by atoms with Gasteiger partial charge in [-0.25, -0.2) is 8.78 Å². The third kappa shape index (κ3) is 5.14. The Morgan fingerprint density at radius 1 is 0.811 bits per heavy atom. The number of halogens is 2. The van der Waals surface area contributed by atoms with E-state index in [1.54, 1.807) is 48.4 Å². The maximum atomic E-state index is 13.9. The molecule has 2 heterocycles. The molecule has 3 aromatic rings. The van der Waals surface area contributed by atoms with Gasteiger partial charge in [-0.1, -0.05) is 12.1 Å². The van der Waals surface area contributed by atoms with Crippen molar-refractivity contribution in [3.63, 3.8) is 0 Å². The van der Waals surface area contributed by atoms with Crippen LogP contribution in [0.15, 0.2) is 72.8 Å². The van der Waals surface area contributed by atoms with E-state index in [-0.39, 0.29) is 29.9 Å². The molecule has 0 aromatic heterocycles. The minimum atomic E-state index is -0.558. The minimum Gasteiger partial charge on any atom is -0.497 e. The number of methoxy groups -OCH3 is 1. The van der Waals surface area contributed by atoms with E-state index in [2.05, 4.69) is 4.90 Å². The molecule has 0 N–H and O–H groups in total. The Labute approximate surface area is 215 Å². The number of ether oxygens (including phenoxy) is 1. The first kappa shape index (κ1) is 24.7. The largest absolute Gasteiger partial charge is 0.497 e. The van der Waals surface area contributed by atoms with Gasteiger partial charge >= 0.3 is 0 Å². The number of amides is 2. The number of carbonyl (C=O) groups is 2. The Bertz CT molecular complexity index is 1240. The van der Waals surface area contributed by atoms with Crippen LogP contribution in [0.5, 0.6) is 5.75 Å². The molecule has 192 valence electrons. The van der Waals surface area contributed by atoms with E-state index in [1.807, 2.05) is 17.0 Å². The second kappa shape index (κ2) is 10.6. The van der Waals surface area contributed by atoms with Crippen molar-refractivity contribution < 1.29 is 23.1 Å². The van der Waals surface area contributed by atoms with E-state index in [9.17, 15) is 18.4 Å². The summed E-state index contributed by atoms with van der Waals surface area (Å²) in [4.78, 5) is 32.8. The summed E-state index contributed by atoms with van der Waals surface area (Å²) in [6, 6.07) is 19.0. The number of hydrogen-bond acceptors (Lipinski definition) is 4. The Kier molecular flexibility index (Phi) is 7.08. The van der Waals surface area contributed by atoms with Gasteiger partial charge in [-0.2, -0.15) is 0 Å². The molecule has 5 rings (SSSR count). The van der Waals surface area contributed by atoms with Crippen LogP contribution < -0.4 is 14.5 Å². The highest BCUT2D eigenvalue weighted by molar-refractivity contribution is 5.97. The topological polar surface area (TPSA) is 53.1 Å². The summed E-state index contributed by atoms with van der Waals surface area (Å²) in [5.41, 5.74) is 2.30. The zero-order chi connectivity index (χ0) is 25.9. The van der Waals surface area contributed by atoms with Gasteiger partial charge in [-0.05, 0) is 72.6 Å². The van der Waals surface area contributed by atoms with Crippen LogP contribution in [0.25, 0.3) is 0 Å². The van der Waals surface area contributed by atoms with Crippen LogP contribution in [-0.2, 0) is 9.59 Å². The molecule has 0 saturated carbocycles. The quantitative estimate of drug-likeness (QED) is 0.500. The summed E-state index contributed by atoms with van der Waals surface area (Å²) in [6.45, 7) is 2.32. The normalized spacial score (nSPS) is 20.2. The molecule has 2 aliphatic rings. The van der Waals surface area contributed by atoms with Crippen molar-refractivity contribution >= 4 is 23.2 Å². The first-order valence-electron chi connectivity index (χ1n) is 12.5. The maximum absolute atomic E-state index is 13.9. The molecule has 0 unspecified atom stereocenters. The number of rotatable bonds is 5. The lowest BCUT2D eigenvalue weighted by molar-refractivity contribution is -0.138. The Hall–Kier alpha value is -3.94. The minimum absolute atomic E-state index is 0.0147. The third-order valence-corrected chi connectivity index (χ3v) is 7.26. The summed E-state index contributed by atoms with van der Waals surface area (Å²) in [6.07, 6.45) is 0.667. The van der Waals surface area contributed by atoms with Crippen LogP contribution in [0.1, 0.15) is 24.4 Å². The number of piperazine rings is 1. The maximum Gasteiger partial charge on any atom is 0.228 e. The van der Waals surface area contributed by atoms with Gasteiger partial charge in [0.25, 0.3) is 0 Å². The average Bonchev–Trinajstić information content (AvgIpc) is 2.93. The van der Waals surface area contributed by atoms with E-state index >= 15 is 0 Å². The number of piperidine rings is 1. The van der Waals surface area contributed by atoms with Crippen LogP contribution in [0.2, 0.25) is 0 Å². The lowest BCUT2D eigenvalue weighted by atomic mass is 9.82. The summed E-state index contributed by atoms with van der Waals surface area (Å²) in [5.74, 6) is -0.552. The summed E-state index contributed by atoms with van der Waals surface area (Å²) in [5, 5.41) is 0. The summed E-state index contributed by atoms with van der Waals surface area (Å²) < 4.78 is 32.4. The molecule has 0 spiro atoms. The van der Waals surface area contributed by atoms with Crippen LogP contribution >= 0.6 is 0 Å². The number of benzene rings is 3. The molecular formula is C29H29F2N3O3. The van der Waals surface area contributed by atoms with Crippen molar-refractivity contribution in [2.45, 2.75) is 18.9 Å². The lowest BCUT2D eigenvalue weighted by Gasteiger charge is -2.44. The highest BCUT2D eigenvalue weighted by Crippen LogP contribution is 2.41. The van der Waals surface area contributed by atoms with Gasteiger partial charge in [-0.15, -0.1) is 0 Å². The predicted molar refractivity (Wildman–Crippen MR) is 138 cm³/mol. The second-order valence-electron chi connectivity index (χ2n) is 9.39. The molecule has 6 nitrogen and oxygen atoms in total. The lowest BCUT2D eigenvalue weighted by Crippen LogP contribution is -2.54. The summed E-state index contributed by atoms with van der Waals surface area (Å²) in [7, 11) is 1.58. The molecule has 2 fully saturated rings. The molecule has 2 aliphatic heterocycles. The molecule has 8 heteroatoms. The van der Waals surface area contributed by atoms with Crippen LogP contribution in [0, 0.1) is 17.6 Å². The average molecular weight is 506 g/mol. The Balaban J connectivity index is 1.41. The van der Waals surface area contributed by atoms with Crippen molar-refractivity contribution in [3.05, 3.63) is 90.0 Å².